The number of H-pyrrole nitrogens is 1. The summed E-state index contributed by atoms with van der Waals surface area (Å²) in [4.78, 5) is 5.29. The van der Waals surface area contributed by atoms with Gasteiger partial charge in [0.25, 0.3) is 0 Å². The number of nitrogens with zero attached hydrogens (tertiary/aromatic N) is 2. The molecule has 0 fully saturated rings. The molecule has 0 saturated carbocycles. The van der Waals surface area contributed by atoms with Gasteiger partial charge in [-0.2, -0.15) is 0 Å². The van der Waals surface area contributed by atoms with E-state index in [1.807, 2.05) is 36.9 Å². The van der Waals surface area contributed by atoms with Crippen LogP contribution in [0.3, 0.4) is 0 Å². The minimum Gasteiger partial charge on any atom is -0.494 e. The smallest absolute Gasteiger partial charge is 0.178 e. The van der Waals surface area contributed by atoms with Gasteiger partial charge in [0, 0.05) is 13.1 Å². The maximum Gasteiger partial charge on any atom is 0.178 e. The maximum atomic E-state index is 5.62. The van der Waals surface area contributed by atoms with Crippen LogP contribution in [0, 0.1) is 4.77 Å². The standard InChI is InChI=1S/C14H21N3O2S/c1-16(2)7-9-19-10-8-17-11-5-4-6-12(18-3)13(11)15-14(17)20/h4-6H,7-10H2,1-3H3,(H,15,20). The Morgan fingerprint density at radius 1 is 1.30 bits per heavy atom. The molecule has 1 heterocycles. The third kappa shape index (κ3) is 3.39. The van der Waals surface area contributed by atoms with Crippen molar-refractivity contribution >= 4 is 23.3 Å². The summed E-state index contributed by atoms with van der Waals surface area (Å²) in [5.74, 6) is 0.806. The second-order valence-electron chi connectivity index (χ2n) is 4.85. The third-order valence-corrected chi connectivity index (χ3v) is 3.46. The van der Waals surface area contributed by atoms with Crippen LogP contribution in [0.2, 0.25) is 0 Å². The molecule has 6 heteroatoms. The Balaban J connectivity index is 2.07. The minimum absolute atomic E-state index is 0.645. The van der Waals surface area contributed by atoms with Gasteiger partial charge in [-0.1, -0.05) is 6.07 Å². The number of likely N-dealkylation sites (N-methyl/N-ethyl adjacent to an activating group) is 1. The van der Waals surface area contributed by atoms with Crippen LogP contribution in [-0.2, 0) is 11.3 Å². The van der Waals surface area contributed by atoms with Gasteiger partial charge in [-0.15, -0.1) is 0 Å². The molecule has 0 unspecified atom stereocenters. The fourth-order valence-electron chi connectivity index (χ4n) is 2.05. The van der Waals surface area contributed by atoms with E-state index in [0.717, 1.165) is 36.5 Å². The highest BCUT2D eigenvalue weighted by molar-refractivity contribution is 7.71. The molecule has 0 spiro atoms. The lowest BCUT2D eigenvalue weighted by atomic mass is 10.3. The SMILES string of the molecule is COc1cccc2c1[nH]c(=S)n2CCOCCN(C)C. The Hall–Kier alpha value is -1.37. The number of aromatic amines is 1. The number of hydrogen-bond donors (Lipinski definition) is 1. The first-order valence-electron chi connectivity index (χ1n) is 6.61. The summed E-state index contributed by atoms with van der Waals surface area (Å²) in [7, 11) is 5.73. The Bertz CT molecular complexity index is 618. The summed E-state index contributed by atoms with van der Waals surface area (Å²) in [5, 5.41) is 0. The Morgan fingerprint density at radius 2 is 2.10 bits per heavy atom. The monoisotopic (exact) mass is 295 g/mol. The zero-order chi connectivity index (χ0) is 14.5. The van der Waals surface area contributed by atoms with Crippen LogP contribution >= 0.6 is 12.2 Å². The van der Waals surface area contributed by atoms with Crippen LogP contribution < -0.4 is 4.74 Å². The van der Waals surface area contributed by atoms with Gasteiger partial charge in [0.2, 0.25) is 0 Å². The molecule has 0 aliphatic carbocycles. The van der Waals surface area contributed by atoms with E-state index >= 15 is 0 Å². The summed E-state index contributed by atoms with van der Waals surface area (Å²) < 4.78 is 13.7. The van der Waals surface area contributed by atoms with Crippen LogP contribution in [0.5, 0.6) is 5.75 Å². The van der Waals surface area contributed by atoms with Crippen molar-refractivity contribution < 1.29 is 9.47 Å². The molecule has 5 nitrogen and oxygen atoms in total. The summed E-state index contributed by atoms with van der Waals surface area (Å²) in [6, 6.07) is 5.92. The van der Waals surface area contributed by atoms with Crippen LogP contribution in [0.4, 0.5) is 0 Å². The van der Waals surface area contributed by atoms with E-state index in [0.29, 0.717) is 11.4 Å². The maximum absolute atomic E-state index is 5.62. The van der Waals surface area contributed by atoms with Crippen molar-refractivity contribution in [1.29, 1.82) is 0 Å². The van der Waals surface area contributed by atoms with E-state index < -0.39 is 0 Å². The van der Waals surface area contributed by atoms with Gasteiger partial charge in [0.1, 0.15) is 11.3 Å². The minimum atomic E-state index is 0.645. The number of para-hydroxylation sites is 1. The van der Waals surface area contributed by atoms with E-state index in [1.165, 1.54) is 0 Å². The van der Waals surface area contributed by atoms with Crippen molar-refractivity contribution in [2.75, 3.05) is 41.0 Å². The highest BCUT2D eigenvalue weighted by Gasteiger charge is 2.08. The molecule has 0 aliphatic rings. The molecule has 2 aromatic rings. The number of benzene rings is 1. The molecular formula is C14H21N3O2S. The predicted octanol–water partition coefficient (Wildman–Crippen LogP) is 2.29. The van der Waals surface area contributed by atoms with Gasteiger partial charge in [-0.05, 0) is 38.4 Å². The van der Waals surface area contributed by atoms with Crippen LogP contribution in [0.25, 0.3) is 11.0 Å². The molecule has 0 bridgehead atoms. The quantitative estimate of drug-likeness (QED) is 0.628. The van der Waals surface area contributed by atoms with Crippen molar-refractivity contribution in [3.05, 3.63) is 23.0 Å². The third-order valence-electron chi connectivity index (χ3n) is 3.13. The normalized spacial score (nSPS) is 11.4. The van der Waals surface area contributed by atoms with E-state index in [1.54, 1.807) is 7.11 Å². The van der Waals surface area contributed by atoms with E-state index in [-0.39, 0.29) is 0 Å². The lowest BCUT2D eigenvalue weighted by molar-refractivity contribution is 0.111. The zero-order valence-corrected chi connectivity index (χ0v) is 13.0. The van der Waals surface area contributed by atoms with Crippen LogP contribution in [0.1, 0.15) is 0 Å². The molecule has 0 amide bonds. The number of hydrogen-bond acceptors (Lipinski definition) is 4. The molecule has 20 heavy (non-hydrogen) atoms. The topological polar surface area (TPSA) is 42.4 Å². The van der Waals surface area contributed by atoms with Crippen molar-refractivity contribution in [2.45, 2.75) is 6.54 Å². The molecule has 1 aromatic carbocycles. The molecule has 0 aliphatic heterocycles. The van der Waals surface area contributed by atoms with Gasteiger partial charge in [-0.3, -0.25) is 0 Å². The van der Waals surface area contributed by atoms with Crippen LogP contribution in [0.15, 0.2) is 18.2 Å². The van der Waals surface area contributed by atoms with Crippen molar-refractivity contribution in [2.24, 2.45) is 0 Å². The first-order valence-corrected chi connectivity index (χ1v) is 7.02. The van der Waals surface area contributed by atoms with Crippen molar-refractivity contribution in [3.63, 3.8) is 0 Å². The predicted molar refractivity (Wildman–Crippen MR) is 83.0 cm³/mol. The molecule has 110 valence electrons. The van der Waals surface area contributed by atoms with Gasteiger partial charge in [0.15, 0.2) is 4.77 Å². The highest BCUT2D eigenvalue weighted by Crippen LogP contribution is 2.24. The second kappa shape index (κ2) is 6.88. The number of imidazole rings is 1. The zero-order valence-electron chi connectivity index (χ0n) is 12.2. The molecule has 0 atom stereocenters. The number of nitrogens with one attached hydrogen (secondary N) is 1. The Morgan fingerprint density at radius 3 is 2.80 bits per heavy atom. The average Bonchev–Trinajstić information content (AvgIpc) is 2.74. The van der Waals surface area contributed by atoms with E-state index in [2.05, 4.69) is 9.88 Å². The van der Waals surface area contributed by atoms with Gasteiger partial charge >= 0.3 is 0 Å². The van der Waals surface area contributed by atoms with Crippen LogP contribution in [-0.4, -0.2) is 55.4 Å². The van der Waals surface area contributed by atoms with Gasteiger partial charge < -0.3 is 23.9 Å². The molecule has 0 radical (unpaired) electrons. The number of ether oxygens (including phenoxy) is 2. The van der Waals surface area contributed by atoms with E-state index in [4.69, 9.17) is 21.7 Å². The first kappa shape index (κ1) is 15.0. The Kier molecular flexibility index (Phi) is 5.17. The largest absolute Gasteiger partial charge is 0.494 e. The van der Waals surface area contributed by atoms with Gasteiger partial charge in [0.05, 0.1) is 25.8 Å². The summed E-state index contributed by atoms with van der Waals surface area (Å²) in [5.41, 5.74) is 1.99. The fourth-order valence-corrected chi connectivity index (χ4v) is 2.34. The number of fused-ring (bicyclic) bond motifs is 1. The summed E-state index contributed by atoms with van der Waals surface area (Å²) in [6.07, 6.45) is 0. The van der Waals surface area contributed by atoms with Crippen molar-refractivity contribution in [3.8, 4) is 5.75 Å². The number of rotatable bonds is 7. The lowest BCUT2D eigenvalue weighted by Gasteiger charge is -2.10. The molecule has 1 N–H and O–H groups in total. The second-order valence-corrected chi connectivity index (χ2v) is 5.24. The first-order chi connectivity index (χ1) is 9.63. The molecule has 2 rings (SSSR count). The van der Waals surface area contributed by atoms with Gasteiger partial charge in [-0.25, -0.2) is 0 Å². The van der Waals surface area contributed by atoms with Crippen molar-refractivity contribution in [1.82, 2.24) is 14.5 Å². The summed E-state index contributed by atoms with van der Waals surface area (Å²) in [6.45, 7) is 3.03. The average molecular weight is 295 g/mol. The summed E-state index contributed by atoms with van der Waals surface area (Å²) >= 11 is 5.37. The lowest BCUT2D eigenvalue weighted by Crippen LogP contribution is -2.19. The fraction of sp³-hybridized carbons (Fsp3) is 0.500. The molecule has 0 saturated heterocycles. The number of aromatic nitrogens is 2. The molecule has 1 aromatic heterocycles. The molecular weight excluding hydrogens is 274 g/mol. The number of methoxy groups -OCH3 is 1. The highest BCUT2D eigenvalue weighted by atomic mass is 32.1. The van der Waals surface area contributed by atoms with E-state index in [9.17, 15) is 0 Å². The Labute approximate surface area is 124 Å².